The Balaban J connectivity index is 2.79. The summed E-state index contributed by atoms with van der Waals surface area (Å²) in [6.07, 6.45) is 2.91. The van der Waals surface area contributed by atoms with Gasteiger partial charge in [-0.25, -0.2) is 0 Å². The molecule has 11 heavy (non-hydrogen) atoms. The summed E-state index contributed by atoms with van der Waals surface area (Å²) in [6, 6.07) is 10.1. The van der Waals surface area contributed by atoms with Crippen molar-refractivity contribution in [3.05, 3.63) is 41.6 Å². The first-order chi connectivity index (χ1) is 5.33. The van der Waals surface area contributed by atoms with Crippen molar-refractivity contribution in [1.29, 1.82) is 0 Å². The maximum Gasteiger partial charge on any atom is 0.00836 e. The summed E-state index contributed by atoms with van der Waals surface area (Å²) in [5, 5.41) is 0. The van der Waals surface area contributed by atoms with Gasteiger partial charge in [-0.3, -0.25) is 0 Å². The Morgan fingerprint density at radius 2 is 2.00 bits per heavy atom. The number of nitrogens with two attached hydrogens (primary N) is 1. The van der Waals surface area contributed by atoms with Crippen molar-refractivity contribution < 1.29 is 0 Å². The molecule has 0 saturated carbocycles. The SMILES string of the molecule is CCC(N)=Cc1ccccc1. The maximum atomic E-state index is 5.67. The topological polar surface area (TPSA) is 26.0 Å². The highest BCUT2D eigenvalue weighted by molar-refractivity contribution is 5.51. The predicted molar refractivity (Wildman–Crippen MR) is 48.9 cm³/mol. The van der Waals surface area contributed by atoms with Crippen LogP contribution in [0.25, 0.3) is 6.08 Å². The van der Waals surface area contributed by atoms with E-state index in [0.717, 1.165) is 12.1 Å². The first-order valence-electron chi connectivity index (χ1n) is 3.84. The summed E-state index contributed by atoms with van der Waals surface area (Å²) in [5.74, 6) is 0. The van der Waals surface area contributed by atoms with E-state index in [-0.39, 0.29) is 0 Å². The third-order valence-electron chi connectivity index (χ3n) is 1.56. The molecule has 0 bridgehead atoms. The second-order valence-corrected chi connectivity index (χ2v) is 2.48. The monoisotopic (exact) mass is 147 g/mol. The molecule has 2 N–H and O–H groups in total. The highest BCUT2D eigenvalue weighted by atomic mass is 14.6. The van der Waals surface area contributed by atoms with E-state index in [1.54, 1.807) is 0 Å². The molecule has 0 aliphatic heterocycles. The average Bonchev–Trinajstić information content (AvgIpc) is 2.06. The molecule has 1 aromatic carbocycles. The number of hydrogen-bond donors (Lipinski definition) is 1. The van der Waals surface area contributed by atoms with E-state index in [0.29, 0.717) is 0 Å². The van der Waals surface area contributed by atoms with Crippen LogP contribution in [0.5, 0.6) is 0 Å². The minimum Gasteiger partial charge on any atom is -0.402 e. The molecule has 58 valence electrons. The lowest BCUT2D eigenvalue weighted by molar-refractivity contribution is 1.08. The van der Waals surface area contributed by atoms with E-state index in [1.807, 2.05) is 36.4 Å². The molecular formula is C10H13N. The lowest BCUT2D eigenvalue weighted by atomic mass is 10.2. The molecule has 0 aliphatic carbocycles. The normalized spacial score (nSPS) is 11.5. The first-order valence-corrected chi connectivity index (χ1v) is 3.84. The second kappa shape index (κ2) is 3.81. The molecule has 0 saturated heterocycles. The van der Waals surface area contributed by atoms with Gasteiger partial charge in [0.25, 0.3) is 0 Å². The molecule has 0 fully saturated rings. The van der Waals surface area contributed by atoms with Crippen molar-refractivity contribution in [2.75, 3.05) is 0 Å². The van der Waals surface area contributed by atoms with Crippen LogP contribution in [-0.2, 0) is 0 Å². The quantitative estimate of drug-likeness (QED) is 0.683. The lowest BCUT2D eigenvalue weighted by Gasteiger charge is -1.95. The summed E-state index contributed by atoms with van der Waals surface area (Å²) < 4.78 is 0. The summed E-state index contributed by atoms with van der Waals surface area (Å²) in [6.45, 7) is 2.05. The zero-order chi connectivity index (χ0) is 8.10. The average molecular weight is 147 g/mol. The van der Waals surface area contributed by atoms with Crippen LogP contribution < -0.4 is 5.73 Å². The van der Waals surface area contributed by atoms with Crippen molar-refractivity contribution in [2.45, 2.75) is 13.3 Å². The summed E-state index contributed by atoms with van der Waals surface area (Å²) >= 11 is 0. The largest absolute Gasteiger partial charge is 0.402 e. The number of hydrogen-bond acceptors (Lipinski definition) is 1. The van der Waals surface area contributed by atoms with Gasteiger partial charge in [0.2, 0.25) is 0 Å². The fraction of sp³-hybridized carbons (Fsp3) is 0.200. The number of benzene rings is 1. The van der Waals surface area contributed by atoms with Gasteiger partial charge in [0.15, 0.2) is 0 Å². The van der Waals surface area contributed by atoms with Gasteiger partial charge < -0.3 is 5.73 Å². The van der Waals surface area contributed by atoms with Gasteiger partial charge in [0, 0.05) is 5.70 Å². The van der Waals surface area contributed by atoms with Gasteiger partial charge >= 0.3 is 0 Å². The molecule has 1 rings (SSSR count). The van der Waals surface area contributed by atoms with Crippen molar-refractivity contribution >= 4 is 6.08 Å². The molecule has 0 heterocycles. The molecule has 1 heteroatoms. The Bertz CT molecular complexity index is 236. The Morgan fingerprint density at radius 1 is 1.36 bits per heavy atom. The molecule has 0 spiro atoms. The molecule has 0 aliphatic rings. The standard InChI is InChI=1S/C10H13N/c1-2-10(11)8-9-6-4-3-5-7-9/h3-8H,2,11H2,1H3. The third-order valence-corrected chi connectivity index (χ3v) is 1.56. The molecular weight excluding hydrogens is 134 g/mol. The van der Waals surface area contributed by atoms with E-state index in [9.17, 15) is 0 Å². The van der Waals surface area contributed by atoms with E-state index in [1.165, 1.54) is 5.56 Å². The van der Waals surface area contributed by atoms with Crippen LogP contribution >= 0.6 is 0 Å². The number of allylic oxidation sites excluding steroid dienone is 1. The summed E-state index contributed by atoms with van der Waals surface area (Å²) in [4.78, 5) is 0. The molecule has 0 aromatic heterocycles. The van der Waals surface area contributed by atoms with Crippen molar-refractivity contribution in [3.63, 3.8) is 0 Å². The first kappa shape index (κ1) is 7.86. The highest BCUT2D eigenvalue weighted by Gasteiger charge is 1.86. The van der Waals surface area contributed by atoms with Gasteiger partial charge in [-0.15, -0.1) is 0 Å². The van der Waals surface area contributed by atoms with Crippen LogP contribution in [0, 0.1) is 0 Å². The minimum atomic E-state index is 0.912. The second-order valence-electron chi connectivity index (χ2n) is 2.48. The molecule has 0 radical (unpaired) electrons. The van der Waals surface area contributed by atoms with Crippen molar-refractivity contribution in [2.24, 2.45) is 5.73 Å². The fourth-order valence-electron chi connectivity index (χ4n) is 0.865. The highest BCUT2D eigenvalue weighted by Crippen LogP contribution is 2.04. The predicted octanol–water partition coefficient (Wildman–Crippen LogP) is 2.40. The molecule has 1 nitrogen and oxygen atoms in total. The van der Waals surface area contributed by atoms with Crippen molar-refractivity contribution in [1.82, 2.24) is 0 Å². The molecule has 0 amide bonds. The summed E-state index contributed by atoms with van der Waals surface area (Å²) in [7, 11) is 0. The van der Waals surface area contributed by atoms with Crippen LogP contribution in [0.3, 0.4) is 0 Å². The van der Waals surface area contributed by atoms with Gasteiger partial charge in [0.1, 0.15) is 0 Å². The third kappa shape index (κ3) is 2.46. The Morgan fingerprint density at radius 3 is 2.55 bits per heavy atom. The van der Waals surface area contributed by atoms with E-state index >= 15 is 0 Å². The minimum absolute atomic E-state index is 0.912. The van der Waals surface area contributed by atoms with Gasteiger partial charge in [-0.1, -0.05) is 37.3 Å². The van der Waals surface area contributed by atoms with Crippen LogP contribution in [-0.4, -0.2) is 0 Å². The smallest absolute Gasteiger partial charge is 0.00836 e. The van der Waals surface area contributed by atoms with E-state index in [2.05, 4.69) is 6.92 Å². The Labute approximate surface area is 67.5 Å². The van der Waals surface area contributed by atoms with Gasteiger partial charge in [-0.2, -0.15) is 0 Å². The zero-order valence-electron chi connectivity index (χ0n) is 6.75. The maximum absolute atomic E-state index is 5.67. The van der Waals surface area contributed by atoms with Gasteiger partial charge in [0.05, 0.1) is 0 Å². The van der Waals surface area contributed by atoms with Crippen LogP contribution in [0.15, 0.2) is 36.0 Å². The Kier molecular flexibility index (Phi) is 2.73. The van der Waals surface area contributed by atoms with Crippen LogP contribution in [0.1, 0.15) is 18.9 Å². The summed E-state index contributed by atoms with van der Waals surface area (Å²) in [5.41, 5.74) is 7.77. The van der Waals surface area contributed by atoms with Crippen LogP contribution in [0.4, 0.5) is 0 Å². The fourth-order valence-corrected chi connectivity index (χ4v) is 0.865. The van der Waals surface area contributed by atoms with Crippen LogP contribution in [0.2, 0.25) is 0 Å². The molecule has 0 unspecified atom stereocenters. The molecule has 1 aromatic rings. The Hall–Kier alpha value is -1.24. The van der Waals surface area contributed by atoms with Gasteiger partial charge in [-0.05, 0) is 18.1 Å². The lowest BCUT2D eigenvalue weighted by Crippen LogP contribution is -1.93. The van der Waals surface area contributed by atoms with Crippen molar-refractivity contribution in [3.8, 4) is 0 Å². The number of rotatable bonds is 2. The molecule has 0 atom stereocenters. The van der Waals surface area contributed by atoms with E-state index in [4.69, 9.17) is 5.73 Å². The zero-order valence-corrected chi connectivity index (χ0v) is 6.75. The van der Waals surface area contributed by atoms with E-state index < -0.39 is 0 Å².